The van der Waals surface area contributed by atoms with Crippen molar-refractivity contribution in [2.45, 2.75) is 32.9 Å². The summed E-state index contributed by atoms with van der Waals surface area (Å²) in [6.07, 6.45) is -0.894. The second kappa shape index (κ2) is 8.18. The number of thiazole rings is 1. The van der Waals surface area contributed by atoms with Crippen molar-refractivity contribution in [1.29, 1.82) is 0 Å². The zero-order valence-electron chi connectivity index (χ0n) is 15.1. The Morgan fingerprint density at radius 1 is 1.19 bits per heavy atom. The molecule has 6 nitrogen and oxygen atoms in total. The maximum absolute atomic E-state index is 12.3. The minimum Gasteiger partial charge on any atom is -0.452 e. The average molecular weight is 384 g/mol. The maximum Gasteiger partial charge on any atom is 0.308 e. The third-order valence-corrected chi connectivity index (χ3v) is 5.09. The molecule has 0 radical (unpaired) electrons. The summed E-state index contributed by atoms with van der Waals surface area (Å²) in [7, 11) is 0. The van der Waals surface area contributed by atoms with E-state index in [0.29, 0.717) is 5.69 Å². The lowest BCUT2D eigenvalue weighted by Crippen LogP contribution is -2.30. The number of rotatable bonds is 6. The number of carbonyl (C=O) groups is 2. The van der Waals surface area contributed by atoms with Crippen molar-refractivity contribution in [3.05, 3.63) is 63.2 Å². The number of hydrogen-bond donors (Lipinski definition) is 1. The van der Waals surface area contributed by atoms with Crippen LogP contribution in [0.3, 0.4) is 0 Å². The van der Waals surface area contributed by atoms with Crippen LogP contribution in [0.5, 0.6) is 0 Å². The van der Waals surface area contributed by atoms with Crippen LogP contribution in [0, 0.1) is 6.92 Å². The molecule has 0 aliphatic heterocycles. The molecule has 1 aromatic heterocycles. The van der Waals surface area contributed by atoms with E-state index >= 15 is 0 Å². The summed E-state index contributed by atoms with van der Waals surface area (Å²) >= 11 is 1.09. The van der Waals surface area contributed by atoms with E-state index in [1.807, 2.05) is 43.3 Å². The second-order valence-electron chi connectivity index (χ2n) is 6.23. The molecule has 3 aromatic rings. The van der Waals surface area contributed by atoms with Gasteiger partial charge in [0, 0.05) is 23.3 Å². The summed E-state index contributed by atoms with van der Waals surface area (Å²) in [5, 5.41) is 6.59. The highest BCUT2D eigenvalue weighted by Crippen LogP contribution is 2.19. The van der Waals surface area contributed by atoms with E-state index in [1.54, 1.807) is 11.4 Å². The Bertz CT molecular complexity index is 1040. The van der Waals surface area contributed by atoms with Gasteiger partial charge in [-0.2, -0.15) is 0 Å². The van der Waals surface area contributed by atoms with Crippen molar-refractivity contribution in [1.82, 2.24) is 4.57 Å². The first kappa shape index (κ1) is 18.8. The molecule has 7 heteroatoms. The monoisotopic (exact) mass is 384 g/mol. The quantitative estimate of drug-likeness (QED) is 0.661. The fraction of sp³-hybridized carbons (Fsp3) is 0.250. The van der Waals surface area contributed by atoms with Crippen LogP contribution in [0.4, 0.5) is 5.69 Å². The maximum atomic E-state index is 12.3. The topological polar surface area (TPSA) is 77.4 Å². The Hall–Kier alpha value is -2.93. The third-order valence-electron chi connectivity index (χ3n) is 4.21. The van der Waals surface area contributed by atoms with Gasteiger partial charge in [-0.05, 0) is 36.8 Å². The number of fused-ring (bicyclic) bond motifs is 1. The van der Waals surface area contributed by atoms with E-state index in [9.17, 15) is 14.4 Å². The molecule has 27 heavy (non-hydrogen) atoms. The first-order valence-corrected chi connectivity index (χ1v) is 9.46. The van der Waals surface area contributed by atoms with Gasteiger partial charge in [-0.25, -0.2) is 0 Å². The van der Waals surface area contributed by atoms with Crippen molar-refractivity contribution in [3.63, 3.8) is 0 Å². The molecule has 0 aliphatic carbocycles. The Morgan fingerprint density at radius 2 is 1.93 bits per heavy atom. The van der Waals surface area contributed by atoms with Gasteiger partial charge >= 0.3 is 10.8 Å². The van der Waals surface area contributed by atoms with Crippen LogP contribution in [-0.2, 0) is 20.9 Å². The number of anilines is 1. The fourth-order valence-electron chi connectivity index (χ4n) is 2.70. The van der Waals surface area contributed by atoms with Gasteiger partial charge in [-0.15, -0.1) is 0 Å². The number of ether oxygens (including phenoxy) is 1. The molecule has 140 valence electrons. The molecule has 0 saturated carbocycles. The highest BCUT2D eigenvalue weighted by molar-refractivity contribution is 7.07. The summed E-state index contributed by atoms with van der Waals surface area (Å²) in [5.74, 6) is -0.920. The number of aryl methyl sites for hydroxylation is 1. The standard InChI is InChI=1S/C20H20N2O4S/c1-13-12-27-20(25)22(13)10-9-18(23)26-14(2)19(24)21-17-8-7-15-5-3-4-6-16(15)11-17/h3-8,11-12,14H,9-10H2,1-2H3,(H,21,24)/t14-/m1/s1. The summed E-state index contributed by atoms with van der Waals surface area (Å²) < 4.78 is 6.71. The molecule has 1 amide bonds. The molecule has 3 rings (SSSR count). The number of aromatic nitrogens is 1. The van der Waals surface area contributed by atoms with E-state index in [2.05, 4.69) is 5.32 Å². The fourth-order valence-corrected chi connectivity index (χ4v) is 3.46. The van der Waals surface area contributed by atoms with Crippen LogP contribution in [0.15, 0.2) is 52.6 Å². The smallest absolute Gasteiger partial charge is 0.308 e. The summed E-state index contributed by atoms with van der Waals surface area (Å²) in [6, 6.07) is 13.4. The third kappa shape index (κ3) is 4.62. The summed E-state index contributed by atoms with van der Waals surface area (Å²) in [6.45, 7) is 3.57. The molecule has 2 aromatic carbocycles. The lowest BCUT2D eigenvalue weighted by molar-refractivity contribution is -0.153. The van der Waals surface area contributed by atoms with Crippen molar-refractivity contribution in [2.75, 3.05) is 5.32 Å². The van der Waals surface area contributed by atoms with Crippen molar-refractivity contribution in [3.8, 4) is 0 Å². The van der Waals surface area contributed by atoms with Gasteiger partial charge < -0.3 is 14.6 Å². The zero-order valence-corrected chi connectivity index (χ0v) is 15.9. The lowest BCUT2D eigenvalue weighted by atomic mass is 10.1. The normalized spacial score (nSPS) is 11.9. The van der Waals surface area contributed by atoms with Crippen LogP contribution in [0.1, 0.15) is 19.0 Å². The molecular formula is C20H20N2O4S. The van der Waals surface area contributed by atoms with E-state index in [4.69, 9.17) is 4.74 Å². The number of amides is 1. The van der Waals surface area contributed by atoms with Crippen molar-refractivity contribution >= 4 is 39.7 Å². The van der Waals surface area contributed by atoms with Gasteiger partial charge in [0.2, 0.25) is 0 Å². The Labute approximate surface area is 160 Å². The number of carbonyl (C=O) groups excluding carboxylic acids is 2. The molecule has 1 N–H and O–H groups in total. The van der Waals surface area contributed by atoms with Gasteiger partial charge in [-0.1, -0.05) is 41.7 Å². The lowest BCUT2D eigenvalue weighted by Gasteiger charge is -2.14. The SMILES string of the molecule is Cc1csc(=O)n1CCC(=O)O[C@H](C)C(=O)Nc1ccc2ccccc2c1. The highest BCUT2D eigenvalue weighted by atomic mass is 32.1. The van der Waals surface area contributed by atoms with E-state index in [-0.39, 0.29) is 17.8 Å². The first-order chi connectivity index (χ1) is 12.9. The summed E-state index contributed by atoms with van der Waals surface area (Å²) in [4.78, 5) is 35.8. The number of benzene rings is 2. The van der Waals surface area contributed by atoms with Crippen LogP contribution in [0.2, 0.25) is 0 Å². The van der Waals surface area contributed by atoms with Gasteiger partial charge in [0.25, 0.3) is 5.91 Å². The number of esters is 1. The molecular weight excluding hydrogens is 364 g/mol. The summed E-state index contributed by atoms with van der Waals surface area (Å²) in [5.41, 5.74) is 1.45. The number of nitrogens with zero attached hydrogens (tertiary/aromatic N) is 1. The second-order valence-corrected chi connectivity index (χ2v) is 7.05. The van der Waals surface area contributed by atoms with Crippen molar-refractivity contribution in [2.24, 2.45) is 0 Å². The van der Waals surface area contributed by atoms with Gasteiger partial charge in [0.15, 0.2) is 6.10 Å². The van der Waals surface area contributed by atoms with Gasteiger partial charge in [0.05, 0.1) is 6.42 Å². The molecule has 0 aliphatic rings. The molecule has 1 atom stereocenters. The molecule has 1 heterocycles. The van der Waals surface area contributed by atoms with Crippen LogP contribution in [0.25, 0.3) is 10.8 Å². The van der Waals surface area contributed by atoms with Crippen molar-refractivity contribution < 1.29 is 14.3 Å². The Balaban J connectivity index is 1.54. The number of nitrogens with one attached hydrogen (secondary N) is 1. The van der Waals surface area contributed by atoms with Crippen LogP contribution >= 0.6 is 11.3 Å². The molecule has 0 fully saturated rings. The minimum atomic E-state index is -0.927. The van der Waals surface area contributed by atoms with E-state index in [1.165, 1.54) is 11.5 Å². The largest absolute Gasteiger partial charge is 0.452 e. The predicted octanol–water partition coefficient (Wildman–Crippen LogP) is 3.33. The molecule has 0 unspecified atom stereocenters. The van der Waals surface area contributed by atoms with Gasteiger partial charge in [0.1, 0.15) is 0 Å². The Morgan fingerprint density at radius 3 is 2.63 bits per heavy atom. The molecule has 0 bridgehead atoms. The predicted molar refractivity (Wildman–Crippen MR) is 106 cm³/mol. The van der Waals surface area contributed by atoms with E-state index in [0.717, 1.165) is 27.8 Å². The number of hydrogen-bond acceptors (Lipinski definition) is 5. The molecule has 0 spiro atoms. The minimum absolute atomic E-state index is 0.0328. The van der Waals surface area contributed by atoms with Crippen LogP contribution in [-0.4, -0.2) is 22.5 Å². The molecule has 0 saturated heterocycles. The van der Waals surface area contributed by atoms with Gasteiger partial charge in [-0.3, -0.25) is 14.4 Å². The zero-order chi connectivity index (χ0) is 19.4. The highest BCUT2D eigenvalue weighted by Gasteiger charge is 2.18. The Kier molecular flexibility index (Phi) is 5.71. The van der Waals surface area contributed by atoms with Crippen LogP contribution < -0.4 is 10.2 Å². The first-order valence-electron chi connectivity index (χ1n) is 8.58. The van der Waals surface area contributed by atoms with E-state index < -0.39 is 18.0 Å². The average Bonchev–Trinajstić information content (AvgIpc) is 2.97.